The number of likely N-dealkylation sites (N-methyl/N-ethyl adjacent to an activating group) is 1. The summed E-state index contributed by atoms with van der Waals surface area (Å²) in [5.74, 6) is 0.383. The second-order valence-electron chi connectivity index (χ2n) is 5.51. The summed E-state index contributed by atoms with van der Waals surface area (Å²) in [4.78, 5) is 27.4. The predicted octanol–water partition coefficient (Wildman–Crippen LogP) is 1.93. The molecule has 1 amide bonds. The first kappa shape index (κ1) is 14.7. The molecule has 108 valence electrons. The Morgan fingerprint density at radius 1 is 1.20 bits per heavy atom. The molecule has 1 fully saturated rings. The number of piperidine rings is 1. The molecule has 4 nitrogen and oxygen atoms in total. The summed E-state index contributed by atoms with van der Waals surface area (Å²) in [6.45, 7) is 5.82. The van der Waals surface area contributed by atoms with Gasteiger partial charge in [-0.2, -0.15) is 0 Å². The zero-order valence-corrected chi connectivity index (χ0v) is 12.5. The molecule has 1 aromatic rings. The van der Waals surface area contributed by atoms with Gasteiger partial charge in [0.25, 0.3) is 0 Å². The van der Waals surface area contributed by atoms with Crippen LogP contribution in [0.3, 0.4) is 0 Å². The molecule has 0 spiro atoms. The van der Waals surface area contributed by atoms with Gasteiger partial charge in [0, 0.05) is 38.7 Å². The van der Waals surface area contributed by atoms with Crippen molar-refractivity contribution in [3.05, 3.63) is 29.3 Å². The molecule has 1 aliphatic heterocycles. The smallest absolute Gasteiger partial charge is 0.240 e. The van der Waals surface area contributed by atoms with Gasteiger partial charge in [-0.3, -0.25) is 14.5 Å². The van der Waals surface area contributed by atoms with Crippen molar-refractivity contribution in [1.82, 2.24) is 4.90 Å². The van der Waals surface area contributed by atoms with Crippen molar-refractivity contribution in [3.8, 4) is 0 Å². The van der Waals surface area contributed by atoms with E-state index in [1.165, 1.54) is 0 Å². The topological polar surface area (TPSA) is 40.6 Å². The summed E-state index contributed by atoms with van der Waals surface area (Å²) in [5.41, 5.74) is 3.20. The first-order valence-electron chi connectivity index (χ1n) is 7.06. The zero-order valence-electron chi connectivity index (χ0n) is 12.5. The van der Waals surface area contributed by atoms with Crippen LogP contribution in [0.5, 0.6) is 0 Å². The van der Waals surface area contributed by atoms with E-state index in [1.807, 2.05) is 39.1 Å². The quantitative estimate of drug-likeness (QED) is 0.845. The van der Waals surface area contributed by atoms with Crippen LogP contribution in [0.4, 0.5) is 5.69 Å². The Hall–Kier alpha value is -1.68. The number of benzene rings is 1. The lowest BCUT2D eigenvalue weighted by Gasteiger charge is -2.28. The van der Waals surface area contributed by atoms with Crippen LogP contribution < -0.4 is 4.90 Å². The summed E-state index contributed by atoms with van der Waals surface area (Å²) in [6, 6.07) is 6.04. The van der Waals surface area contributed by atoms with Crippen molar-refractivity contribution in [2.75, 3.05) is 31.6 Å². The van der Waals surface area contributed by atoms with Gasteiger partial charge in [0.15, 0.2) is 0 Å². The number of anilines is 1. The number of carbonyl (C=O) groups is 2. The molecule has 4 heteroatoms. The number of rotatable bonds is 3. The Morgan fingerprint density at radius 3 is 2.30 bits per heavy atom. The Kier molecular flexibility index (Phi) is 4.55. The van der Waals surface area contributed by atoms with Gasteiger partial charge in [-0.25, -0.2) is 0 Å². The minimum Gasteiger partial charge on any atom is -0.314 e. The van der Waals surface area contributed by atoms with Gasteiger partial charge >= 0.3 is 0 Å². The van der Waals surface area contributed by atoms with Crippen LogP contribution in [0.15, 0.2) is 18.2 Å². The SMILES string of the molecule is Cc1cccc(C)c1N(C)C(=O)CN1CCC(=O)CC1. The highest BCUT2D eigenvalue weighted by atomic mass is 16.2. The molecule has 1 aliphatic rings. The lowest BCUT2D eigenvalue weighted by atomic mass is 10.1. The number of hydrogen-bond donors (Lipinski definition) is 0. The minimum absolute atomic E-state index is 0.0803. The van der Waals surface area contributed by atoms with Crippen molar-refractivity contribution >= 4 is 17.4 Å². The molecule has 0 aromatic heterocycles. The fraction of sp³-hybridized carbons (Fsp3) is 0.500. The third-order valence-corrected chi connectivity index (χ3v) is 3.92. The number of nitrogens with zero attached hydrogens (tertiary/aromatic N) is 2. The number of carbonyl (C=O) groups excluding carboxylic acids is 2. The predicted molar refractivity (Wildman–Crippen MR) is 80.0 cm³/mol. The van der Waals surface area contributed by atoms with E-state index in [-0.39, 0.29) is 5.91 Å². The fourth-order valence-corrected chi connectivity index (χ4v) is 2.72. The lowest BCUT2D eigenvalue weighted by molar-refractivity contribution is -0.124. The molecule has 1 aromatic carbocycles. The molecule has 2 rings (SSSR count). The van der Waals surface area contributed by atoms with E-state index >= 15 is 0 Å². The third-order valence-electron chi connectivity index (χ3n) is 3.92. The van der Waals surface area contributed by atoms with E-state index in [0.29, 0.717) is 38.3 Å². The highest BCUT2D eigenvalue weighted by Crippen LogP contribution is 2.23. The number of Topliss-reactive ketones (excluding diaryl/α,β-unsaturated/α-hetero) is 1. The van der Waals surface area contributed by atoms with E-state index in [0.717, 1.165) is 16.8 Å². The molecule has 0 bridgehead atoms. The summed E-state index contributed by atoms with van der Waals surface area (Å²) in [5, 5.41) is 0. The maximum Gasteiger partial charge on any atom is 0.240 e. The molecule has 0 atom stereocenters. The average molecular weight is 274 g/mol. The molecule has 1 saturated heterocycles. The van der Waals surface area contributed by atoms with Gasteiger partial charge in [-0.05, 0) is 25.0 Å². The van der Waals surface area contributed by atoms with Gasteiger partial charge in [0.1, 0.15) is 5.78 Å². The van der Waals surface area contributed by atoms with Crippen LogP contribution >= 0.6 is 0 Å². The van der Waals surface area contributed by atoms with E-state index in [1.54, 1.807) is 4.90 Å². The molecule has 20 heavy (non-hydrogen) atoms. The Bertz CT molecular complexity index is 495. The van der Waals surface area contributed by atoms with Gasteiger partial charge in [-0.15, -0.1) is 0 Å². The monoisotopic (exact) mass is 274 g/mol. The fourth-order valence-electron chi connectivity index (χ4n) is 2.72. The van der Waals surface area contributed by atoms with Gasteiger partial charge in [-0.1, -0.05) is 18.2 Å². The molecule has 0 unspecified atom stereocenters. The zero-order chi connectivity index (χ0) is 14.7. The van der Waals surface area contributed by atoms with E-state index < -0.39 is 0 Å². The Labute approximate surface area is 120 Å². The number of para-hydroxylation sites is 1. The second-order valence-corrected chi connectivity index (χ2v) is 5.51. The van der Waals surface area contributed by atoms with Crippen LogP contribution in [-0.4, -0.2) is 43.3 Å². The summed E-state index contributed by atoms with van der Waals surface area (Å²) < 4.78 is 0. The highest BCUT2D eigenvalue weighted by Gasteiger charge is 2.21. The Morgan fingerprint density at radius 2 is 1.75 bits per heavy atom. The first-order valence-corrected chi connectivity index (χ1v) is 7.06. The molecule has 0 aliphatic carbocycles. The van der Waals surface area contributed by atoms with E-state index in [9.17, 15) is 9.59 Å². The molecule has 0 radical (unpaired) electrons. The summed E-state index contributed by atoms with van der Waals surface area (Å²) in [7, 11) is 1.83. The number of amides is 1. The molecular weight excluding hydrogens is 252 g/mol. The molecule has 0 N–H and O–H groups in total. The molecular formula is C16H22N2O2. The third kappa shape index (κ3) is 3.25. The van der Waals surface area contributed by atoms with E-state index in [2.05, 4.69) is 4.90 Å². The molecule has 1 heterocycles. The van der Waals surface area contributed by atoms with Crippen molar-refractivity contribution in [2.24, 2.45) is 0 Å². The number of likely N-dealkylation sites (tertiary alicyclic amines) is 1. The Balaban J connectivity index is 2.03. The maximum atomic E-state index is 12.4. The number of aryl methyl sites for hydroxylation is 2. The van der Waals surface area contributed by atoms with Crippen molar-refractivity contribution in [2.45, 2.75) is 26.7 Å². The summed E-state index contributed by atoms with van der Waals surface area (Å²) >= 11 is 0. The average Bonchev–Trinajstić information content (AvgIpc) is 2.41. The van der Waals surface area contributed by atoms with Gasteiger partial charge in [0.05, 0.1) is 6.54 Å². The highest BCUT2D eigenvalue weighted by molar-refractivity contribution is 5.95. The standard InChI is InChI=1S/C16H22N2O2/c1-12-5-4-6-13(2)16(12)17(3)15(20)11-18-9-7-14(19)8-10-18/h4-6H,7-11H2,1-3H3. The van der Waals surface area contributed by atoms with Crippen LogP contribution in [0.1, 0.15) is 24.0 Å². The van der Waals surface area contributed by atoms with Crippen LogP contribution in [-0.2, 0) is 9.59 Å². The van der Waals surface area contributed by atoms with Crippen LogP contribution in [0, 0.1) is 13.8 Å². The summed E-state index contributed by atoms with van der Waals surface area (Å²) in [6.07, 6.45) is 1.14. The van der Waals surface area contributed by atoms with Crippen molar-refractivity contribution < 1.29 is 9.59 Å². The minimum atomic E-state index is 0.0803. The second kappa shape index (κ2) is 6.18. The normalized spacial score (nSPS) is 16.2. The van der Waals surface area contributed by atoms with Crippen molar-refractivity contribution in [1.29, 1.82) is 0 Å². The van der Waals surface area contributed by atoms with Gasteiger partial charge < -0.3 is 4.90 Å². The first-order chi connectivity index (χ1) is 9.49. The molecule has 0 saturated carbocycles. The van der Waals surface area contributed by atoms with Crippen molar-refractivity contribution in [3.63, 3.8) is 0 Å². The van der Waals surface area contributed by atoms with Gasteiger partial charge in [0.2, 0.25) is 5.91 Å². The number of ketones is 1. The number of hydrogen-bond acceptors (Lipinski definition) is 3. The lowest BCUT2D eigenvalue weighted by Crippen LogP contribution is -2.42. The van der Waals surface area contributed by atoms with E-state index in [4.69, 9.17) is 0 Å². The maximum absolute atomic E-state index is 12.4. The van der Waals surface area contributed by atoms with Crippen LogP contribution in [0.2, 0.25) is 0 Å². The van der Waals surface area contributed by atoms with Crippen LogP contribution in [0.25, 0.3) is 0 Å². The largest absolute Gasteiger partial charge is 0.314 e.